The number of guanidine groups is 1. The van der Waals surface area contributed by atoms with E-state index in [2.05, 4.69) is 10.6 Å². The Morgan fingerprint density at radius 2 is 1.82 bits per heavy atom. The first-order chi connectivity index (χ1) is 13.0. The summed E-state index contributed by atoms with van der Waals surface area (Å²) in [6, 6.07) is 8.51. The van der Waals surface area contributed by atoms with Crippen LogP contribution in [0, 0.1) is 5.41 Å². The molecule has 0 amide bonds. The first kappa shape index (κ1) is 25.2. The van der Waals surface area contributed by atoms with Crippen LogP contribution in [-0.4, -0.2) is 51.5 Å². The van der Waals surface area contributed by atoms with Crippen molar-refractivity contribution < 1.29 is 13.5 Å². The Morgan fingerprint density at radius 1 is 1.14 bits per heavy atom. The van der Waals surface area contributed by atoms with E-state index in [9.17, 15) is 13.5 Å². The van der Waals surface area contributed by atoms with Gasteiger partial charge in [0.1, 0.15) is 0 Å². The molecule has 1 saturated carbocycles. The lowest BCUT2D eigenvalue weighted by atomic mass is 9.72. The second kappa shape index (κ2) is 12.6. The molecule has 8 heteroatoms. The SMILES string of the molecule is CCNC(=NCC1(CCO)CCCCC1)NCCS(=O)(=O)c1ccccc1.I. The van der Waals surface area contributed by atoms with E-state index in [1.54, 1.807) is 30.3 Å². The summed E-state index contributed by atoms with van der Waals surface area (Å²) in [5.41, 5.74) is 0.0749. The predicted molar refractivity (Wildman–Crippen MR) is 125 cm³/mol. The van der Waals surface area contributed by atoms with E-state index in [1.807, 2.05) is 6.92 Å². The molecule has 1 aliphatic carbocycles. The highest BCUT2D eigenvalue weighted by Crippen LogP contribution is 2.39. The fourth-order valence-corrected chi connectivity index (χ4v) is 4.84. The van der Waals surface area contributed by atoms with Crippen molar-refractivity contribution in [1.82, 2.24) is 10.6 Å². The van der Waals surface area contributed by atoms with Gasteiger partial charge in [0, 0.05) is 26.2 Å². The molecule has 3 N–H and O–H groups in total. The average molecular weight is 523 g/mol. The number of aliphatic hydroxyl groups is 1. The van der Waals surface area contributed by atoms with E-state index in [4.69, 9.17) is 4.99 Å². The number of hydrogen-bond acceptors (Lipinski definition) is 4. The van der Waals surface area contributed by atoms with Crippen LogP contribution in [0.2, 0.25) is 0 Å². The van der Waals surface area contributed by atoms with Crippen molar-refractivity contribution in [2.45, 2.75) is 50.3 Å². The van der Waals surface area contributed by atoms with Gasteiger partial charge in [0.25, 0.3) is 0 Å². The number of nitrogens with one attached hydrogen (secondary N) is 2. The van der Waals surface area contributed by atoms with Crippen LogP contribution in [0.15, 0.2) is 40.2 Å². The second-order valence-electron chi connectivity index (χ2n) is 7.29. The third-order valence-electron chi connectivity index (χ3n) is 5.24. The van der Waals surface area contributed by atoms with Gasteiger partial charge >= 0.3 is 0 Å². The molecule has 1 aromatic rings. The van der Waals surface area contributed by atoms with Gasteiger partial charge in [-0.05, 0) is 43.7 Å². The largest absolute Gasteiger partial charge is 0.396 e. The zero-order chi connectivity index (χ0) is 19.6. The van der Waals surface area contributed by atoms with Crippen molar-refractivity contribution in [1.29, 1.82) is 0 Å². The van der Waals surface area contributed by atoms with E-state index in [0.717, 1.165) is 19.3 Å². The molecule has 0 aliphatic heterocycles. The van der Waals surface area contributed by atoms with Gasteiger partial charge in [-0.25, -0.2) is 8.42 Å². The smallest absolute Gasteiger partial charge is 0.191 e. The van der Waals surface area contributed by atoms with Gasteiger partial charge in [-0.2, -0.15) is 0 Å². The molecule has 6 nitrogen and oxygen atoms in total. The van der Waals surface area contributed by atoms with Gasteiger partial charge in [-0.1, -0.05) is 37.5 Å². The van der Waals surface area contributed by atoms with Crippen molar-refractivity contribution in [3.8, 4) is 0 Å². The molecule has 0 bridgehead atoms. The number of benzene rings is 1. The number of rotatable bonds is 9. The molecular weight excluding hydrogens is 489 g/mol. The van der Waals surface area contributed by atoms with Crippen LogP contribution in [0.1, 0.15) is 45.4 Å². The fourth-order valence-electron chi connectivity index (χ4n) is 3.66. The summed E-state index contributed by atoms with van der Waals surface area (Å²) < 4.78 is 24.8. The lowest BCUT2D eigenvalue weighted by Gasteiger charge is -2.35. The van der Waals surface area contributed by atoms with Crippen molar-refractivity contribution >= 4 is 39.8 Å². The Hall–Kier alpha value is -0.870. The minimum absolute atomic E-state index is 0. The number of nitrogens with zero attached hydrogens (tertiary/aromatic N) is 1. The number of sulfone groups is 1. The summed E-state index contributed by atoms with van der Waals surface area (Å²) >= 11 is 0. The highest BCUT2D eigenvalue weighted by molar-refractivity contribution is 14.0. The summed E-state index contributed by atoms with van der Waals surface area (Å²) in [4.78, 5) is 5.05. The minimum atomic E-state index is -3.31. The number of hydrogen-bond donors (Lipinski definition) is 3. The normalized spacial score (nSPS) is 16.9. The molecule has 0 aromatic heterocycles. The van der Waals surface area contributed by atoms with Gasteiger partial charge in [-0.3, -0.25) is 4.99 Å². The summed E-state index contributed by atoms with van der Waals surface area (Å²) in [5.74, 6) is 0.659. The standard InChI is InChI=1S/C20H33N3O3S.HI/c1-2-21-19(23-17-20(13-15-24)11-7-4-8-12-20)22-14-16-27(25,26)18-9-5-3-6-10-18;/h3,5-6,9-10,24H,2,4,7-8,11-17H2,1H3,(H2,21,22,23);1H. The van der Waals surface area contributed by atoms with E-state index >= 15 is 0 Å². The van der Waals surface area contributed by atoms with Crippen molar-refractivity contribution in [2.75, 3.05) is 32.0 Å². The number of aliphatic hydroxyl groups excluding tert-OH is 1. The molecule has 1 aromatic carbocycles. The monoisotopic (exact) mass is 523 g/mol. The van der Waals surface area contributed by atoms with E-state index in [0.29, 0.717) is 30.5 Å². The zero-order valence-corrected chi connectivity index (χ0v) is 19.8. The Morgan fingerprint density at radius 3 is 2.43 bits per heavy atom. The highest BCUT2D eigenvalue weighted by atomic mass is 127. The van der Waals surface area contributed by atoms with Gasteiger partial charge in [-0.15, -0.1) is 24.0 Å². The molecule has 0 spiro atoms. The van der Waals surface area contributed by atoms with Crippen LogP contribution < -0.4 is 10.6 Å². The molecule has 1 aliphatic rings. The maximum atomic E-state index is 12.4. The van der Waals surface area contributed by atoms with Gasteiger partial charge in [0.2, 0.25) is 0 Å². The molecule has 0 radical (unpaired) electrons. The first-order valence-electron chi connectivity index (χ1n) is 9.92. The van der Waals surface area contributed by atoms with Crippen LogP contribution >= 0.6 is 24.0 Å². The van der Waals surface area contributed by atoms with Crippen molar-refractivity contribution in [3.63, 3.8) is 0 Å². The zero-order valence-electron chi connectivity index (χ0n) is 16.7. The molecule has 0 unspecified atom stereocenters. The summed E-state index contributed by atoms with van der Waals surface area (Å²) in [7, 11) is -3.31. The van der Waals surface area contributed by atoms with Crippen LogP contribution in [-0.2, 0) is 9.84 Å². The van der Waals surface area contributed by atoms with E-state index in [-0.39, 0.29) is 41.8 Å². The molecule has 0 saturated heterocycles. The maximum absolute atomic E-state index is 12.4. The molecule has 0 heterocycles. The van der Waals surface area contributed by atoms with Gasteiger partial charge in [0.15, 0.2) is 15.8 Å². The first-order valence-corrected chi connectivity index (χ1v) is 11.6. The molecule has 1 fully saturated rings. The Balaban J connectivity index is 0.00000392. The summed E-state index contributed by atoms with van der Waals surface area (Å²) in [6.07, 6.45) is 6.60. The number of halogens is 1. The molecule has 28 heavy (non-hydrogen) atoms. The molecular formula is C20H34IN3O3S. The van der Waals surface area contributed by atoms with E-state index < -0.39 is 9.84 Å². The third-order valence-corrected chi connectivity index (χ3v) is 6.97. The Bertz CT molecular complexity index is 684. The minimum Gasteiger partial charge on any atom is -0.396 e. The topological polar surface area (TPSA) is 90.8 Å². The molecule has 160 valence electrons. The summed E-state index contributed by atoms with van der Waals surface area (Å²) in [6.45, 7) is 3.85. The van der Waals surface area contributed by atoms with Crippen molar-refractivity contribution in [2.24, 2.45) is 10.4 Å². The van der Waals surface area contributed by atoms with Crippen LogP contribution in [0.4, 0.5) is 0 Å². The molecule has 2 rings (SSSR count). The Labute approximate surface area is 186 Å². The lowest BCUT2D eigenvalue weighted by Crippen LogP contribution is -2.41. The average Bonchev–Trinajstić information content (AvgIpc) is 2.68. The number of aliphatic imine (C=N–C) groups is 1. The maximum Gasteiger partial charge on any atom is 0.191 e. The summed E-state index contributed by atoms with van der Waals surface area (Å²) in [5, 5.41) is 15.8. The highest BCUT2D eigenvalue weighted by Gasteiger charge is 2.31. The van der Waals surface area contributed by atoms with Crippen LogP contribution in [0.5, 0.6) is 0 Å². The van der Waals surface area contributed by atoms with Gasteiger partial charge < -0.3 is 15.7 Å². The van der Waals surface area contributed by atoms with E-state index in [1.165, 1.54) is 19.3 Å². The van der Waals surface area contributed by atoms with Crippen LogP contribution in [0.25, 0.3) is 0 Å². The molecule has 0 atom stereocenters. The lowest BCUT2D eigenvalue weighted by molar-refractivity contribution is 0.137. The fraction of sp³-hybridized carbons (Fsp3) is 0.650. The van der Waals surface area contributed by atoms with Crippen LogP contribution in [0.3, 0.4) is 0 Å². The Kier molecular flexibility index (Phi) is 11.4. The van der Waals surface area contributed by atoms with Gasteiger partial charge in [0.05, 0.1) is 10.6 Å². The second-order valence-corrected chi connectivity index (χ2v) is 9.40. The third kappa shape index (κ3) is 7.87. The quantitative estimate of drug-likeness (QED) is 0.263. The van der Waals surface area contributed by atoms with Crippen molar-refractivity contribution in [3.05, 3.63) is 30.3 Å². The predicted octanol–water partition coefficient (Wildman–Crippen LogP) is 2.97.